The molecule has 1 aromatic carbocycles. The molecule has 2 unspecified atom stereocenters. The van der Waals surface area contributed by atoms with Gasteiger partial charge in [0.2, 0.25) is 0 Å². The molecule has 112 valence electrons. The lowest BCUT2D eigenvalue weighted by Gasteiger charge is -2.32. The van der Waals surface area contributed by atoms with Crippen molar-refractivity contribution in [3.8, 4) is 0 Å². The molecule has 2 rings (SSSR count). The summed E-state index contributed by atoms with van der Waals surface area (Å²) in [7, 11) is 0. The molecule has 20 heavy (non-hydrogen) atoms. The first-order valence-corrected chi connectivity index (χ1v) is 7.18. The molecule has 0 radical (unpaired) electrons. The number of halogens is 1. The molecule has 0 bridgehead atoms. The van der Waals surface area contributed by atoms with Crippen molar-refractivity contribution >= 4 is 18.3 Å². The molecular weight excluding hydrogens is 272 g/mol. The highest BCUT2D eigenvalue weighted by Gasteiger charge is 2.25. The molecule has 1 amide bonds. The molecule has 0 aliphatic heterocycles. The van der Waals surface area contributed by atoms with Crippen LogP contribution >= 0.6 is 12.4 Å². The molecule has 0 saturated heterocycles. The summed E-state index contributed by atoms with van der Waals surface area (Å²) in [4.78, 5) is 12.2. The van der Waals surface area contributed by atoms with E-state index in [1.807, 2.05) is 24.3 Å². The predicted molar refractivity (Wildman–Crippen MR) is 85.0 cm³/mol. The number of benzene rings is 1. The first-order valence-electron chi connectivity index (χ1n) is 7.18. The molecule has 1 aromatic rings. The lowest BCUT2D eigenvalue weighted by molar-refractivity contribution is 0.0911. The Hall–Kier alpha value is -1.06. The number of nitrogens with two attached hydrogens (primary N) is 1. The summed E-state index contributed by atoms with van der Waals surface area (Å²) in [6.07, 6.45) is 3.46. The van der Waals surface area contributed by atoms with Crippen molar-refractivity contribution in [3.63, 3.8) is 0 Å². The Bertz CT molecular complexity index is 423. The van der Waals surface area contributed by atoms with E-state index < -0.39 is 0 Å². The Morgan fingerprint density at radius 1 is 1.15 bits per heavy atom. The van der Waals surface area contributed by atoms with E-state index >= 15 is 0 Å². The van der Waals surface area contributed by atoms with E-state index in [0.717, 1.165) is 24.0 Å². The highest BCUT2D eigenvalue weighted by molar-refractivity contribution is 5.94. The maximum Gasteiger partial charge on any atom is 0.251 e. The van der Waals surface area contributed by atoms with Gasteiger partial charge in [0.05, 0.1) is 0 Å². The van der Waals surface area contributed by atoms with E-state index in [-0.39, 0.29) is 18.3 Å². The number of hydrogen-bond donors (Lipinski definition) is 2. The van der Waals surface area contributed by atoms with Crippen LogP contribution in [0.3, 0.4) is 0 Å². The Morgan fingerprint density at radius 3 is 2.20 bits per heavy atom. The zero-order valence-corrected chi connectivity index (χ0v) is 13.1. The minimum Gasteiger partial charge on any atom is -0.349 e. The molecule has 0 heterocycles. The molecule has 1 aliphatic rings. The normalized spacial score (nSPS) is 25.6. The van der Waals surface area contributed by atoms with Gasteiger partial charge in [-0.05, 0) is 48.8 Å². The zero-order chi connectivity index (χ0) is 13.8. The van der Waals surface area contributed by atoms with Crippen molar-refractivity contribution in [1.82, 2.24) is 5.32 Å². The van der Waals surface area contributed by atoms with Crippen LogP contribution < -0.4 is 11.1 Å². The average molecular weight is 297 g/mol. The van der Waals surface area contributed by atoms with Crippen LogP contribution in [0.25, 0.3) is 0 Å². The average Bonchev–Trinajstić information content (AvgIpc) is 2.37. The van der Waals surface area contributed by atoms with Gasteiger partial charge < -0.3 is 11.1 Å². The van der Waals surface area contributed by atoms with Crippen molar-refractivity contribution in [2.24, 2.45) is 17.6 Å². The van der Waals surface area contributed by atoms with Gasteiger partial charge >= 0.3 is 0 Å². The van der Waals surface area contributed by atoms with E-state index in [1.54, 1.807) is 0 Å². The highest BCUT2D eigenvalue weighted by Crippen LogP contribution is 2.28. The van der Waals surface area contributed by atoms with Gasteiger partial charge in [-0.2, -0.15) is 0 Å². The summed E-state index contributed by atoms with van der Waals surface area (Å²) in [6.45, 7) is 5.05. The summed E-state index contributed by atoms with van der Waals surface area (Å²) in [5.74, 6) is 1.44. The largest absolute Gasteiger partial charge is 0.349 e. The fourth-order valence-electron chi connectivity index (χ4n) is 3.13. The standard InChI is InChI=1S/C16H24N2O.ClH/c1-11-7-12(2)9-15(8-11)18-16(19)14-5-3-13(10-17)4-6-14;/h3-6,11-12,15H,7-10,17H2,1-2H3,(H,18,19);1H. The summed E-state index contributed by atoms with van der Waals surface area (Å²) < 4.78 is 0. The van der Waals surface area contributed by atoms with E-state index in [0.29, 0.717) is 24.4 Å². The predicted octanol–water partition coefficient (Wildman–Crippen LogP) is 3.12. The Balaban J connectivity index is 0.00000200. The van der Waals surface area contributed by atoms with E-state index in [1.165, 1.54) is 6.42 Å². The maximum atomic E-state index is 12.2. The molecule has 1 saturated carbocycles. The molecule has 0 spiro atoms. The van der Waals surface area contributed by atoms with E-state index in [4.69, 9.17) is 5.73 Å². The fraction of sp³-hybridized carbons (Fsp3) is 0.562. The number of amides is 1. The molecule has 2 atom stereocenters. The molecule has 4 heteroatoms. The first-order chi connectivity index (χ1) is 9.08. The second kappa shape index (κ2) is 7.65. The SMILES string of the molecule is CC1CC(C)CC(NC(=O)c2ccc(CN)cc2)C1.Cl. The zero-order valence-electron chi connectivity index (χ0n) is 12.3. The fourth-order valence-corrected chi connectivity index (χ4v) is 3.13. The Labute approximate surface area is 127 Å². The third kappa shape index (κ3) is 4.50. The third-order valence-corrected chi connectivity index (χ3v) is 3.97. The van der Waals surface area contributed by atoms with Crippen LogP contribution in [0, 0.1) is 11.8 Å². The van der Waals surface area contributed by atoms with Crippen LogP contribution in [0.1, 0.15) is 49.0 Å². The second-order valence-corrected chi connectivity index (χ2v) is 5.99. The molecule has 1 fully saturated rings. The van der Waals surface area contributed by atoms with Gasteiger partial charge in [0, 0.05) is 18.2 Å². The third-order valence-electron chi connectivity index (χ3n) is 3.97. The van der Waals surface area contributed by atoms with Crippen molar-refractivity contribution < 1.29 is 4.79 Å². The van der Waals surface area contributed by atoms with E-state index in [9.17, 15) is 4.79 Å². The smallest absolute Gasteiger partial charge is 0.251 e. The van der Waals surface area contributed by atoms with Gasteiger partial charge in [0.25, 0.3) is 5.91 Å². The van der Waals surface area contributed by atoms with Crippen molar-refractivity contribution in [3.05, 3.63) is 35.4 Å². The first kappa shape index (κ1) is 17.0. The number of carbonyl (C=O) groups excluding carboxylic acids is 1. The summed E-state index contributed by atoms with van der Waals surface area (Å²) >= 11 is 0. The van der Waals surface area contributed by atoms with Gasteiger partial charge in [-0.3, -0.25) is 4.79 Å². The van der Waals surface area contributed by atoms with E-state index in [2.05, 4.69) is 19.2 Å². The van der Waals surface area contributed by atoms with Crippen LogP contribution in [0.5, 0.6) is 0 Å². The molecule has 3 nitrogen and oxygen atoms in total. The number of rotatable bonds is 3. The summed E-state index contributed by atoms with van der Waals surface area (Å²) in [5.41, 5.74) is 7.33. The summed E-state index contributed by atoms with van der Waals surface area (Å²) in [5, 5.41) is 3.16. The minimum atomic E-state index is 0. The molecule has 1 aliphatic carbocycles. The van der Waals surface area contributed by atoms with Crippen LogP contribution in [0.15, 0.2) is 24.3 Å². The quantitative estimate of drug-likeness (QED) is 0.900. The summed E-state index contributed by atoms with van der Waals surface area (Å²) in [6, 6.07) is 7.86. The lowest BCUT2D eigenvalue weighted by Crippen LogP contribution is -2.40. The maximum absolute atomic E-state index is 12.2. The Kier molecular flexibility index (Phi) is 6.50. The van der Waals surface area contributed by atoms with Crippen LogP contribution in [-0.2, 0) is 6.54 Å². The van der Waals surface area contributed by atoms with Crippen LogP contribution in [0.2, 0.25) is 0 Å². The second-order valence-electron chi connectivity index (χ2n) is 5.99. The van der Waals surface area contributed by atoms with Crippen LogP contribution in [0.4, 0.5) is 0 Å². The van der Waals surface area contributed by atoms with Gasteiger partial charge in [0.15, 0.2) is 0 Å². The van der Waals surface area contributed by atoms with Crippen molar-refractivity contribution in [2.45, 2.75) is 45.7 Å². The number of nitrogens with one attached hydrogen (secondary N) is 1. The number of carbonyl (C=O) groups is 1. The van der Waals surface area contributed by atoms with Crippen molar-refractivity contribution in [1.29, 1.82) is 0 Å². The van der Waals surface area contributed by atoms with Crippen molar-refractivity contribution in [2.75, 3.05) is 0 Å². The monoisotopic (exact) mass is 296 g/mol. The van der Waals surface area contributed by atoms with Gasteiger partial charge in [-0.1, -0.05) is 26.0 Å². The molecular formula is C16H25ClN2O. The molecule has 0 aromatic heterocycles. The lowest BCUT2D eigenvalue weighted by atomic mass is 9.80. The minimum absolute atomic E-state index is 0. The number of hydrogen-bond acceptors (Lipinski definition) is 2. The topological polar surface area (TPSA) is 55.1 Å². The van der Waals surface area contributed by atoms with Gasteiger partial charge in [-0.25, -0.2) is 0 Å². The Morgan fingerprint density at radius 2 is 1.70 bits per heavy atom. The highest BCUT2D eigenvalue weighted by atomic mass is 35.5. The van der Waals surface area contributed by atoms with Crippen LogP contribution in [-0.4, -0.2) is 11.9 Å². The van der Waals surface area contributed by atoms with Gasteiger partial charge in [0.1, 0.15) is 0 Å². The van der Waals surface area contributed by atoms with Gasteiger partial charge in [-0.15, -0.1) is 12.4 Å². The molecule has 3 N–H and O–H groups in total.